The minimum absolute atomic E-state index is 0.139. The number of nitriles is 1. The van der Waals surface area contributed by atoms with Gasteiger partial charge in [0.2, 0.25) is 0 Å². The molecule has 0 aromatic heterocycles. The van der Waals surface area contributed by atoms with E-state index in [0.717, 1.165) is 0 Å². The lowest BCUT2D eigenvalue weighted by Gasteiger charge is -2.11. The summed E-state index contributed by atoms with van der Waals surface area (Å²) in [6.07, 6.45) is 0. The second kappa shape index (κ2) is 9.66. The van der Waals surface area contributed by atoms with Crippen molar-refractivity contribution >= 4 is 17.6 Å². The van der Waals surface area contributed by atoms with Gasteiger partial charge in [0.15, 0.2) is 12.4 Å². The van der Waals surface area contributed by atoms with Crippen LogP contribution < -0.4 is 15.6 Å². The van der Waals surface area contributed by atoms with Crippen LogP contribution in [0.5, 0.6) is 5.75 Å². The maximum absolute atomic E-state index is 12.7. The van der Waals surface area contributed by atoms with Crippen LogP contribution in [0.15, 0.2) is 78.9 Å². The minimum atomic E-state index is -0.624. The fourth-order valence-corrected chi connectivity index (χ4v) is 2.63. The second-order valence-electron chi connectivity index (χ2n) is 6.17. The molecule has 0 aliphatic carbocycles. The van der Waals surface area contributed by atoms with E-state index in [-0.39, 0.29) is 23.5 Å². The lowest BCUT2D eigenvalue weighted by Crippen LogP contribution is -2.44. The number of amides is 2. The summed E-state index contributed by atoms with van der Waals surface area (Å²) in [5, 5.41) is 8.76. The van der Waals surface area contributed by atoms with Crippen LogP contribution in [-0.4, -0.2) is 24.2 Å². The zero-order valence-corrected chi connectivity index (χ0v) is 15.8. The Bertz CT molecular complexity index is 1100. The fraction of sp³-hybridized carbons (Fsp3) is 0.0435. The molecule has 0 aliphatic rings. The number of hydrogen-bond donors (Lipinski definition) is 2. The van der Waals surface area contributed by atoms with Gasteiger partial charge in [-0.1, -0.05) is 48.5 Å². The predicted octanol–water partition coefficient (Wildman–Crippen LogP) is 2.63. The highest BCUT2D eigenvalue weighted by Crippen LogP contribution is 2.15. The standard InChI is InChI=1S/C23H17N3O4/c24-14-16-10-12-18(13-11-16)30-15-21(27)25-26-23(29)20-9-5-4-8-19(20)22(28)17-6-2-1-3-7-17/h1-13H,15H2,(H,25,27)(H,26,29). The highest BCUT2D eigenvalue weighted by molar-refractivity contribution is 6.15. The maximum Gasteiger partial charge on any atom is 0.276 e. The Hall–Kier alpha value is -4.44. The Labute approximate surface area is 172 Å². The van der Waals surface area contributed by atoms with E-state index in [1.165, 1.54) is 6.07 Å². The van der Waals surface area contributed by atoms with Gasteiger partial charge >= 0.3 is 0 Å². The number of carbonyl (C=O) groups is 3. The molecule has 2 N–H and O–H groups in total. The Morgan fingerprint density at radius 2 is 1.43 bits per heavy atom. The van der Waals surface area contributed by atoms with E-state index in [2.05, 4.69) is 10.9 Å². The first-order valence-electron chi connectivity index (χ1n) is 8.99. The third-order valence-electron chi connectivity index (χ3n) is 4.12. The molecule has 3 aromatic rings. The predicted molar refractivity (Wildman–Crippen MR) is 109 cm³/mol. The van der Waals surface area contributed by atoms with Gasteiger partial charge in [-0.15, -0.1) is 0 Å². The van der Waals surface area contributed by atoms with E-state index in [1.807, 2.05) is 6.07 Å². The molecule has 30 heavy (non-hydrogen) atoms. The molecule has 0 bridgehead atoms. The van der Waals surface area contributed by atoms with E-state index in [9.17, 15) is 14.4 Å². The van der Waals surface area contributed by atoms with Gasteiger partial charge < -0.3 is 4.74 Å². The van der Waals surface area contributed by atoms with Crippen molar-refractivity contribution in [3.05, 3.63) is 101 Å². The van der Waals surface area contributed by atoms with Crippen LogP contribution in [0.1, 0.15) is 31.8 Å². The monoisotopic (exact) mass is 399 g/mol. The SMILES string of the molecule is N#Cc1ccc(OCC(=O)NNC(=O)c2ccccc2C(=O)c2ccccc2)cc1. The molecule has 0 saturated heterocycles. The smallest absolute Gasteiger partial charge is 0.276 e. The molecule has 3 aromatic carbocycles. The lowest BCUT2D eigenvalue weighted by molar-refractivity contribution is -0.123. The quantitative estimate of drug-likeness (QED) is 0.489. The summed E-state index contributed by atoms with van der Waals surface area (Å²) in [6, 6.07) is 23.2. The minimum Gasteiger partial charge on any atom is -0.484 e. The van der Waals surface area contributed by atoms with Gasteiger partial charge in [0, 0.05) is 11.1 Å². The third-order valence-corrected chi connectivity index (χ3v) is 4.12. The van der Waals surface area contributed by atoms with Gasteiger partial charge in [-0.25, -0.2) is 0 Å². The highest BCUT2D eigenvalue weighted by Gasteiger charge is 2.18. The van der Waals surface area contributed by atoms with Crippen molar-refractivity contribution in [3.63, 3.8) is 0 Å². The van der Waals surface area contributed by atoms with Gasteiger partial charge in [0.1, 0.15) is 5.75 Å². The first-order chi connectivity index (χ1) is 14.6. The molecule has 0 spiro atoms. The molecule has 0 atom stereocenters. The van der Waals surface area contributed by atoms with Crippen molar-refractivity contribution < 1.29 is 19.1 Å². The van der Waals surface area contributed by atoms with Crippen LogP contribution in [0.25, 0.3) is 0 Å². The topological polar surface area (TPSA) is 108 Å². The summed E-state index contributed by atoms with van der Waals surface area (Å²) in [5.74, 6) is -1.09. The molecule has 0 fully saturated rings. The van der Waals surface area contributed by atoms with Crippen molar-refractivity contribution in [2.45, 2.75) is 0 Å². The van der Waals surface area contributed by atoms with Gasteiger partial charge in [0.05, 0.1) is 17.2 Å². The molecule has 148 valence electrons. The number of nitrogens with one attached hydrogen (secondary N) is 2. The summed E-state index contributed by atoms with van der Waals surface area (Å²) < 4.78 is 5.30. The molecule has 7 heteroatoms. The molecule has 0 saturated carbocycles. The van der Waals surface area contributed by atoms with Crippen molar-refractivity contribution in [3.8, 4) is 11.8 Å². The summed E-state index contributed by atoms with van der Waals surface area (Å²) >= 11 is 0. The maximum atomic E-state index is 12.7. The summed E-state index contributed by atoms with van der Waals surface area (Å²) in [6.45, 7) is -0.337. The van der Waals surface area contributed by atoms with E-state index < -0.39 is 11.8 Å². The lowest BCUT2D eigenvalue weighted by atomic mass is 9.98. The molecule has 7 nitrogen and oxygen atoms in total. The Morgan fingerprint density at radius 3 is 2.10 bits per heavy atom. The van der Waals surface area contributed by atoms with Gasteiger partial charge in [-0.3, -0.25) is 25.2 Å². The molecule has 0 radical (unpaired) electrons. The largest absolute Gasteiger partial charge is 0.484 e. The number of nitrogens with zero attached hydrogens (tertiary/aromatic N) is 1. The van der Waals surface area contributed by atoms with Crippen LogP contribution in [-0.2, 0) is 4.79 Å². The van der Waals surface area contributed by atoms with Crippen molar-refractivity contribution in [1.82, 2.24) is 10.9 Å². The Kier molecular flexibility index (Phi) is 6.54. The van der Waals surface area contributed by atoms with Gasteiger partial charge in [0.25, 0.3) is 11.8 Å². The molecule has 0 unspecified atom stereocenters. The molecule has 3 rings (SSSR count). The molecule has 2 amide bonds. The number of benzene rings is 3. The van der Waals surface area contributed by atoms with Crippen LogP contribution in [0.2, 0.25) is 0 Å². The number of ketones is 1. The third kappa shape index (κ3) is 5.09. The summed E-state index contributed by atoms with van der Waals surface area (Å²) in [7, 11) is 0. The number of rotatable bonds is 6. The summed E-state index contributed by atoms with van der Waals surface area (Å²) in [5.41, 5.74) is 5.83. The van der Waals surface area contributed by atoms with Crippen LogP contribution in [0, 0.1) is 11.3 Å². The first-order valence-corrected chi connectivity index (χ1v) is 8.99. The van der Waals surface area contributed by atoms with Crippen molar-refractivity contribution in [2.24, 2.45) is 0 Å². The Balaban J connectivity index is 1.59. The fourth-order valence-electron chi connectivity index (χ4n) is 2.63. The highest BCUT2D eigenvalue weighted by atomic mass is 16.5. The Morgan fingerprint density at radius 1 is 0.800 bits per heavy atom. The molecule has 0 aliphatic heterocycles. The van der Waals surface area contributed by atoms with Gasteiger partial charge in [-0.05, 0) is 30.3 Å². The molecule has 0 heterocycles. The normalized spacial score (nSPS) is 9.83. The number of ether oxygens (including phenoxy) is 1. The van der Waals surface area contributed by atoms with Crippen molar-refractivity contribution in [2.75, 3.05) is 6.61 Å². The van der Waals surface area contributed by atoms with E-state index in [4.69, 9.17) is 10.00 Å². The average Bonchev–Trinajstić information content (AvgIpc) is 2.81. The zero-order chi connectivity index (χ0) is 21.3. The second-order valence-corrected chi connectivity index (χ2v) is 6.17. The number of hydrogen-bond acceptors (Lipinski definition) is 5. The van der Waals surface area contributed by atoms with E-state index >= 15 is 0 Å². The van der Waals surface area contributed by atoms with E-state index in [0.29, 0.717) is 16.9 Å². The van der Waals surface area contributed by atoms with E-state index in [1.54, 1.807) is 72.8 Å². The first kappa shape index (κ1) is 20.3. The summed E-state index contributed by atoms with van der Waals surface area (Å²) in [4.78, 5) is 37.2. The molecular weight excluding hydrogens is 382 g/mol. The number of carbonyl (C=O) groups excluding carboxylic acids is 3. The average molecular weight is 399 g/mol. The van der Waals surface area contributed by atoms with Crippen LogP contribution >= 0.6 is 0 Å². The van der Waals surface area contributed by atoms with Crippen molar-refractivity contribution in [1.29, 1.82) is 5.26 Å². The molecular formula is C23H17N3O4. The number of hydrazine groups is 1. The zero-order valence-electron chi connectivity index (χ0n) is 15.8. The van der Waals surface area contributed by atoms with Gasteiger partial charge in [-0.2, -0.15) is 5.26 Å². The van der Waals surface area contributed by atoms with Crippen LogP contribution in [0.3, 0.4) is 0 Å². The van der Waals surface area contributed by atoms with Crippen LogP contribution in [0.4, 0.5) is 0 Å².